The van der Waals surface area contributed by atoms with Crippen LogP contribution in [0.2, 0.25) is 0 Å². The first-order chi connectivity index (χ1) is 17.4. The number of benzene rings is 3. The Morgan fingerprint density at radius 1 is 0.972 bits per heavy atom. The van der Waals surface area contributed by atoms with Gasteiger partial charge in [0.1, 0.15) is 5.52 Å². The molecule has 184 valence electrons. The van der Waals surface area contributed by atoms with E-state index >= 15 is 0 Å². The van der Waals surface area contributed by atoms with Crippen LogP contribution in [0.15, 0.2) is 71.1 Å². The van der Waals surface area contributed by atoms with Gasteiger partial charge < -0.3 is 14.6 Å². The lowest BCUT2D eigenvalue weighted by atomic mass is 9.92. The fraction of sp³-hybridized carbons (Fsp3) is 0.300. The van der Waals surface area contributed by atoms with Crippen LogP contribution in [-0.4, -0.2) is 34.8 Å². The van der Waals surface area contributed by atoms with Crippen molar-refractivity contribution < 1.29 is 14.0 Å². The number of aromatic nitrogens is 1. The molecule has 1 aromatic heterocycles. The van der Waals surface area contributed by atoms with Crippen molar-refractivity contribution in [1.29, 1.82) is 0 Å². The molecule has 1 aliphatic rings. The van der Waals surface area contributed by atoms with Crippen LogP contribution in [0, 0.1) is 19.8 Å². The Balaban J connectivity index is 1.15. The van der Waals surface area contributed by atoms with Crippen LogP contribution in [0.5, 0.6) is 0 Å². The molecule has 2 amide bonds. The predicted molar refractivity (Wildman–Crippen MR) is 140 cm³/mol. The topological polar surface area (TPSA) is 75.4 Å². The first-order valence-electron chi connectivity index (χ1n) is 12.5. The molecule has 0 bridgehead atoms. The lowest BCUT2D eigenvalue weighted by Gasteiger charge is -2.31. The Morgan fingerprint density at radius 3 is 2.50 bits per heavy atom. The number of carbonyl (C=O) groups is 2. The summed E-state index contributed by atoms with van der Waals surface area (Å²) in [5.41, 5.74) is 6.34. The molecule has 0 saturated carbocycles. The van der Waals surface area contributed by atoms with E-state index in [0.717, 1.165) is 24.0 Å². The quantitative estimate of drug-likeness (QED) is 0.385. The third-order valence-electron chi connectivity index (χ3n) is 6.88. The number of likely N-dealkylation sites (tertiary alicyclic amines) is 1. The molecule has 0 radical (unpaired) electrons. The number of rotatable bonds is 6. The monoisotopic (exact) mass is 481 g/mol. The van der Waals surface area contributed by atoms with Gasteiger partial charge in [-0.15, -0.1) is 0 Å². The van der Waals surface area contributed by atoms with Gasteiger partial charge in [-0.1, -0.05) is 47.5 Å². The largest absolute Gasteiger partial charge is 0.436 e. The van der Waals surface area contributed by atoms with Gasteiger partial charge in [0, 0.05) is 37.2 Å². The minimum Gasteiger partial charge on any atom is -0.436 e. The number of hydrogen-bond donors (Lipinski definition) is 1. The smallest absolute Gasteiger partial charge is 0.253 e. The van der Waals surface area contributed by atoms with Gasteiger partial charge in [0.25, 0.3) is 5.91 Å². The highest BCUT2D eigenvalue weighted by atomic mass is 16.3. The molecule has 0 spiro atoms. The van der Waals surface area contributed by atoms with Gasteiger partial charge in [0.2, 0.25) is 11.8 Å². The Morgan fingerprint density at radius 2 is 1.75 bits per heavy atom. The average Bonchev–Trinajstić information content (AvgIpc) is 3.31. The third kappa shape index (κ3) is 5.48. The maximum Gasteiger partial charge on any atom is 0.253 e. The molecule has 1 fully saturated rings. The van der Waals surface area contributed by atoms with Crippen molar-refractivity contribution >= 4 is 22.9 Å². The standard InChI is InChI=1S/C30H31N3O3/c1-20-6-8-24(9-7-20)29-32-26-18-25(10-11-27(26)36-29)30(35)33-14-12-22(13-15-33)17-28(34)31-19-23-5-3-4-21(2)16-23/h3-11,16,18,22H,12-15,17,19H2,1-2H3,(H,31,34). The highest BCUT2D eigenvalue weighted by molar-refractivity contribution is 5.97. The number of aryl methyl sites for hydroxylation is 2. The number of nitrogens with one attached hydrogen (secondary N) is 1. The molecule has 36 heavy (non-hydrogen) atoms. The van der Waals surface area contributed by atoms with Gasteiger partial charge in [-0.25, -0.2) is 4.98 Å². The first kappa shape index (κ1) is 23.8. The van der Waals surface area contributed by atoms with Crippen molar-refractivity contribution in [1.82, 2.24) is 15.2 Å². The van der Waals surface area contributed by atoms with Gasteiger partial charge in [-0.05, 0) is 68.5 Å². The molecule has 1 N–H and O–H groups in total. The van der Waals surface area contributed by atoms with Gasteiger partial charge in [0.15, 0.2) is 5.58 Å². The van der Waals surface area contributed by atoms with Crippen LogP contribution < -0.4 is 5.32 Å². The molecule has 1 aliphatic heterocycles. The lowest BCUT2D eigenvalue weighted by molar-refractivity contribution is -0.122. The van der Waals surface area contributed by atoms with Gasteiger partial charge in [-0.2, -0.15) is 0 Å². The van der Waals surface area contributed by atoms with Crippen molar-refractivity contribution in [2.75, 3.05) is 13.1 Å². The number of oxazole rings is 1. The number of carbonyl (C=O) groups excluding carboxylic acids is 2. The zero-order chi connectivity index (χ0) is 25.1. The van der Waals surface area contributed by atoms with Crippen LogP contribution >= 0.6 is 0 Å². The first-order valence-corrected chi connectivity index (χ1v) is 12.5. The summed E-state index contributed by atoms with van der Waals surface area (Å²) in [6, 6.07) is 21.6. The van der Waals surface area contributed by atoms with E-state index in [1.807, 2.05) is 73.3 Å². The van der Waals surface area contributed by atoms with Gasteiger partial charge >= 0.3 is 0 Å². The van der Waals surface area contributed by atoms with E-state index in [1.54, 1.807) is 6.07 Å². The molecule has 0 aliphatic carbocycles. The second-order valence-corrected chi connectivity index (χ2v) is 9.77. The van der Waals surface area contributed by atoms with Crippen molar-refractivity contribution in [2.45, 2.75) is 39.7 Å². The summed E-state index contributed by atoms with van der Waals surface area (Å²) in [6.07, 6.45) is 2.15. The number of hydrogen-bond acceptors (Lipinski definition) is 4. The lowest BCUT2D eigenvalue weighted by Crippen LogP contribution is -2.39. The van der Waals surface area contributed by atoms with Crippen LogP contribution in [0.4, 0.5) is 0 Å². The molecule has 0 atom stereocenters. The summed E-state index contributed by atoms with van der Waals surface area (Å²) in [5, 5.41) is 3.03. The third-order valence-corrected chi connectivity index (χ3v) is 6.88. The minimum atomic E-state index is -0.000801. The Kier molecular flexibility index (Phi) is 6.85. The summed E-state index contributed by atoms with van der Waals surface area (Å²) < 4.78 is 5.91. The second-order valence-electron chi connectivity index (χ2n) is 9.77. The summed E-state index contributed by atoms with van der Waals surface area (Å²) >= 11 is 0. The Labute approximate surface area is 211 Å². The van der Waals surface area contributed by atoms with Crippen LogP contribution in [-0.2, 0) is 11.3 Å². The normalized spacial score (nSPS) is 14.2. The van der Waals surface area contributed by atoms with E-state index in [9.17, 15) is 9.59 Å². The second kappa shape index (κ2) is 10.4. The Bertz CT molecular complexity index is 1380. The summed E-state index contributed by atoms with van der Waals surface area (Å²) in [6.45, 7) is 5.94. The molecular weight excluding hydrogens is 450 g/mol. The van der Waals surface area contributed by atoms with E-state index in [-0.39, 0.29) is 11.8 Å². The fourth-order valence-electron chi connectivity index (χ4n) is 4.76. The highest BCUT2D eigenvalue weighted by Crippen LogP contribution is 2.27. The van der Waals surface area contributed by atoms with E-state index < -0.39 is 0 Å². The van der Waals surface area contributed by atoms with Crippen molar-refractivity contribution in [3.8, 4) is 11.5 Å². The molecule has 6 nitrogen and oxygen atoms in total. The van der Waals surface area contributed by atoms with Crippen LogP contribution in [0.25, 0.3) is 22.6 Å². The van der Waals surface area contributed by atoms with Gasteiger partial charge in [-0.3, -0.25) is 9.59 Å². The molecule has 5 rings (SSSR count). The van der Waals surface area contributed by atoms with Crippen molar-refractivity contribution in [3.05, 3.63) is 89.0 Å². The molecule has 2 heterocycles. The average molecular weight is 482 g/mol. The van der Waals surface area contributed by atoms with E-state index in [0.29, 0.717) is 54.5 Å². The molecule has 0 unspecified atom stereocenters. The molecule has 1 saturated heterocycles. The zero-order valence-corrected chi connectivity index (χ0v) is 20.8. The Hall–Kier alpha value is -3.93. The molecule has 6 heteroatoms. The zero-order valence-electron chi connectivity index (χ0n) is 20.8. The highest BCUT2D eigenvalue weighted by Gasteiger charge is 2.25. The van der Waals surface area contributed by atoms with Crippen molar-refractivity contribution in [2.24, 2.45) is 5.92 Å². The van der Waals surface area contributed by atoms with Crippen LogP contribution in [0.3, 0.4) is 0 Å². The number of piperidine rings is 1. The maximum absolute atomic E-state index is 13.2. The van der Waals surface area contributed by atoms with Crippen molar-refractivity contribution in [3.63, 3.8) is 0 Å². The van der Waals surface area contributed by atoms with E-state index in [1.165, 1.54) is 11.1 Å². The summed E-state index contributed by atoms with van der Waals surface area (Å²) in [4.78, 5) is 32.1. The predicted octanol–water partition coefficient (Wildman–Crippen LogP) is 5.67. The van der Waals surface area contributed by atoms with Gasteiger partial charge in [0.05, 0.1) is 0 Å². The fourth-order valence-corrected chi connectivity index (χ4v) is 4.76. The van der Waals surface area contributed by atoms with E-state index in [4.69, 9.17) is 4.42 Å². The SMILES string of the molecule is Cc1ccc(-c2nc3cc(C(=O)N4CCC(CC(=O)NCc5cccc(C)c5)CC4)ccc3o2)cc1. The number of amides is 2. The molecular formula is C30H31N3O3. The molecule has 4 aromatic rings. The van der Waals surface area contributed by atoms with E-state index in [2.05, 4.69) is 16.4 Å². The minimum absolute atomic E-state index is 0.000801. The molecule has 3 aromatic carbocycles. The number of fused-ring (bicyclic) bond motifs is 1. The maximum atomic E-state index is 13.2. The summed E-state index contributed by atoms with van der Waals surface area (Å²) in [7, 11) is 0. The summed E-state index contributed by atoms with van der Waals surface area (Å²) in [5.74, 6) is 0.916. The van der Waals surface area contributed by atoms with Crippen LogP contribution in [0.1, 0.15) is 46.3 Å². The number of nitrogens with zero attached hydrogens (tertiary/aromatic N) is 2.